The van der Waals surface area contributed by atoms with Crippen molar-refractivity contribution in [1.29, 1.82) is 0 Å². The number of anilines is 1. The Kier molecular flexibility index (Phi) is 6.14. The first-order valence-corrected chi connectivity index (χ1v) is 13.0. The third-order valence-electron chi connectivity index (χ3n) is 8.28. The molecule has 0 aromatic heterocycles. The van der Waals surface area contributed by atoms with Gasteiger partial charge in [-0.1, -0.05) is 30.3 Å². The first-order chi connectivity index (χ1) is 19.3. The van der Waals surface area contributed by atoms with Crippen LogP contribution in [-0.2, 0) is 32.8 Å². The topological polar surface area (TPSA) is 137 Å². The smallest absolute Gasteiger partial charge is 0.250 e. The summed E-state index contributed by atoms with van der Waals surface area (Å²) in [5.41, 5.74) is 1.34. The summed E-state index contributed by atoms with van der Waals surface area (Å²) in [6.07, 6.45) is 0.658. The van der Waals surface area contributed by atoms with E-state index in [2.05, 4.69) is 10.6 Å². The van der Waals surface area contributed by atoms with Crippen LogP contribution in [0.5, 0.6) is 23.0 Å². The normalized spacial score (nSPS) is 24.8. The number of imide groups is 1. The molecule has 40 heavy (non-hydrogen) atoms. The minimum atomic E-state index is -1.41. The van der Waals surface area contributed by atoms with Crippen molar-refractivity contribution in [1.82, 2.24) is 10.2 Å². The monoisotopic (exact) mass is 543 g/mol. The van der Waals surface area contributed by atoms with E-state index in [9.17, 15) is 24.6 Å². The molecule has 2 fully saturated rings. The number of hydrogen-bond donors (Lipinski definition) is 4. The molecule has 3 aliphatic heterocycles. The van der Waals surface area contributed by atoms with Crippen molar-refractivity contribution in [3.63, 3.8) is 0 Å². The number of carbonyl (C=O) groups excluding carboxylic acids is 3. The highest BCUT2D eigenvalue weighted by Crippen LogP contribution is 2.53. The first kappa shape index (κ1) is 25.7. The fraction of sp³-hybridized carbons (Fsp3) is 0.300. The van der Waals surface area contributed by atoms with Crippen LogP contribution in [-0.4, -0.2) is 59.6 Å². The predicted octanol–water partition coefficient (Wildman–Crippen LogP) is 2.32. The number of aromatic hydroxyl groups is 2. The Balaban J connectivity index is 1.35. The molecule has 4 atom stereocenters. The van der Waals surface area contributed by atoms with Crippen LogP contribution in [0.1, 0.15) is 16.7 Å². The van der Waals surface area contributed by atoms with Crippen LogP contribution in [0.25, 0.3) is 0 Å². The molecule has 3 aromatic carbocycles. The van der Waals surface area contributed by atoms with Crippen LogP contribution >= 0.6 is 0 Å². The number of fused-ring (bicyclic) bond motifs is 4. The lowest BCUT2D eigenvalue weighted by molar-refractivity contribution is -0.142. The second-order valence-electron chi connectivity index (χ2n) is 10.4. The largest absolute Gasteiger partial charge is 0.504 e. The van der Waals surface area contributed by atoms with Crippen LogP contribution in [0.2, 0.25) is 0 Å². The van der Waals surface area contributed by atoms with E-state index in [0.717, 1.165) is 5.56 Å². The predicted molar refractivity (Wildman–Crippen MR) is 144 cm³/mol. The molecular formula is C30H29N3O7. The Morgan fingerprint density at radius 1 is 0.875 bits per heavy atom. The molecule has 3 aliphatic rings. The van der Waals surface area contributed by atoms with Gasteiger partial charge in [-0.2, -0.15) is 0 Å². The van der Waals surface area contributed by atoms with Gasteiger partial charge in [-0.25, -0.2) is 0 Å². The Morgan fingerprint density at radius 2 is 1.62 bits per heavy atom. The second kappa shape index (κ2) is 9.56. The first-order valence-electron chi connectivity index (χ1n) is 13.0. The maximum absolute atomic E-state index is 14.0. The van der Waals surface area contributed by atoms with Crippen molar-refractivity contribution in [2.45, 2.75) is 24.4 Å². The van der Waals surface area contributed by atoms with Crippen LogP contribution in [0.3, 0.4) is 0 Å². The number of ether oxygens (including phenoxy) is 2. The number of hydrogen-bond acceptors (Lipinski definition) is 8. The maximum Gasteiger partial charge on any atom is 0.250 e. The van der Waals surface area contributed by atoms with Gasteiger partial charge in [-0.05, 0) is 54.3 Å². The summed E-state index contributed by atoms with van der Waals surface area (Å²) in [7, 11) is 3.09. The lowest BCUT2D eigenvalue weighted by atomic mass is 9.76. The molecule has 10 nitrogen and oxygen atoms in total. The van der Waals surface area contributed by atoms with Gasteiger partial charge in [0.2, 0.25) is 17.7 Å². The molecule has 4 N–H and O–H groups in total. The number of methoxy groups -OCH3 is 2. The summed E-state index contributed by atoms with van der Waals surface area (Å²) in [4.78, 5) is 42.8. The van der Waals surface area contributed by atoms with Crippen molar-refractivity contribution in [3.05, 3.63) is 77.4 Å². The molecule has 6 rings (SSSR count). The van der Waals surface area contributed by atoms with Gasteiger partial charge in [0, 0.05) is 23.8 Å². The maximum atomic E-state index is 14.0. The molecule has 2 saturated heterocycles. The van der Waals surface area contributed by atoms with Crippen LogP contribution in [0.4, 0.5) is 5.69 Å². The number of rotatable bonds is 7. The van der Waals surface area contributed by atoms with Crippen molar-refractivity contribution >= 4 is 23.4 Å². The van der Waals surface area contributed by atoms with Crippen molar-refractivity contribution in [3.8, 4) is 23.0 Å². The second-order valence-corrected chi connectivity index (χ2v) is 10.4. The molecule has 0 aliphatic carbocycles. The average molecular weight is 544 g/mol. The summed E-state index contributed by atoms with van der Waals surface area (Å²) in [6.45, 7) is 0.145. The number of para-hydroxylation sites is 1. The van der Waals surface area contributed by atoms with Crippen LogP contribution in [0, 0.1) is 11.8 Å². The minimum absolute atomic E-state index is 0.145. The van der Waals surface area contributed by atoms with E-state index in [1.165, 1.54) is 17.0 Å². The molecule has 3 amide bonds. The molecule has 206 valence electrons. The van der Waals surface area contributed by atoms with Gasteiger partial charge in [0.25, 0.3) is 0 Å². The van der Waals surface area contributed by atoms with Crippen LogP contribution in [0.15, 0.2) is 60.7 Å². The van der Waals surface area contributed by atoms with Crippen molar-refractivity contribution < 1.29 is 34.1 Å². The summed E-state index contributed by atoms with van der Waals surface area (Å²) in [5, 5.41) is 26.1. The van der Waals surface area contributed by atoms with E-state index in [0.29, 0.717) is 34.7 Å². The number of nitrogens with zero attached hydrogens (tertiary/aromatic N) is 1. The molecule has 1 spiro atoms. The number of amides is 3. The van der Waals surface area contributed by atoms with Gasteiger partial charge >= 0.3 is 0 Å². The van der Waals surface area contributed by atoms with E-state index >= 15 is 0 Å². The Labute approximate surface area is 230 Å². The third-order valence-corrected chi connectivity index (χ3v) is 8.28. The molecule has 0 radical (unpaired) electrons. The van der Waals surface area contributed by atoms with Crippen molar-refractivity contribution in [2.24, 2.45) is 11.8 Å². The minimum Gasteiger partial charge on any atom is -0.504 e. The lowest BCUT2D eigenvalue weighted by Gasteiger charge is -2.29. The van der Waals surface area contributed by atoms with Gasteiger partial charge < -0.3 is 25.0 Å². The quantitative estimate of drug-likeness (QED) is 0.263. The SMILES string of the molecule is COc1ccc(CCN2C(=O)C3C(Cc4ccc(O)c(O)c4)NC4(C(=O)Nc5ccccc54)C3C2=O)cc1OC. The third kappa shape index (κ3) is 3.78. The highest BCUT2D eigenvalue weighted by Gasteiger charge is 2.70. The molecule has 3 heterocycles. The summed E-state index contributed by atoms with van der Waals surface area (Å²) < 4.78 is 10.7. The molecule has 3 aromatic rings. The van der Waals surface area contributed by atoms with Gasteiger partial charge in [0.05, 0.1) is 26.1 Å². The average Bonchev–Trinajstić information content (AvgIpc) is 3.53. The number of carbonyl (C=O) groups is 3. The van der Waals surface area contributed by atoms with E-state index in [4.69, 9.17) is 9.47 Å². The highest BCUT2D eigenvalue weighted by atomic mass is 16.5. The number of phenolic OH excluding ortho intramolecular Hbond substituents is 2. The van der Waals surface area contributed by atoms with Gasteiger partial charge in [0.15, 0.2) is 23.0 Å². The number of nitrogens with one attached hydrogen (secondary N) is 2. The van der Waals surface area contributed by atoms with Gasteiger partial charge in [-0.15, -0.1) is 0 Å². The molecule has 4 unspecified atom stereocenters. The standard InChI is InChI=1S/C30H29N3O7/c1-39-23-10-8-16(15-24(23)40-2)11-12-33-27(36)25-20(13-17-7-9-21(34)22(35)14-17)32-30(26(25)28(33)37)18-5-3-4-6-19(18)31-29(30)38/h3-10,14-15,20,25-26,32,34-35H,11-13H2,1-2H3,(H,31,38). The van der Waals surface area contributed by atoms with Gasteiger partial charge in [0.1, 0.15) is 5.54 Å². The van der Waals surface area contributed by atoms with E-state index in [1.54, 1.807) is 50.6 Å². The molecule has 0 saturated carbocycles. The highest BCUT2D eigenvalue weighted by molar-refractivity contribution is 6.15. The Hall–Kier alpha value is -4.57. The fourth-order valence-electron chi connectivity index (χ4n) is 6.44. The van der Waals surface area contributed by atoms with Crippen LogP contribution < -0.4 is 20.1 Å². The molecule has 0 bridgehead atoms. The fourth-order valence-corrected chi connectivity index (χ4v) is 6.44. The molecular weight excluding hydrogens is 514 g/mol. The van der Waals surface area contributed by atoms with Gasteiger partial charge in [-0.3, -0.25) is 24.6 Å². The number of phenols is 2. The number of benzene rings is 3. The molecule has 10 heteroatoms. The number of likely N-dealkylation sites (tertiary alicyclic amines) is 1. The lowest BCUT2D eigenvalue weighted by Crippen LogP contribution is -2.53. The van der Waals surface area contributed by atoms with E-state index in [1.807, 2.05) is 12.1 Å². The van der Waals surface area contributed by atoms with Crippen molar-refractivity contribution in [2.75, 3.05) is 26.1 Å². The zero-order valence-electron chi connectivity index (χ0n) is 22.0. The zero-order valence-corrected chi connectivity index (χ0v) is 22.0. The summed E-state index contributed by atoms with van der Waals surface area (Å²) in [6, 6.07) is 16.5. The van der Waals surface area contributed by atoms with E-state index in [-0.39, 0.29) is 36.3 Å². The van der Waals surface area contributed by atoms with E-state index < -0.39 is 29.3 Å². The summed E-state index contributed by atoms with van der Waals surface area (Å²) >= 11 is 0. The Bertz CT molecular complexity index is 1540. The summed E-state index contributed by atoms with van der Waals surface area (Å²) in [5.74, 6) is -2.26. The Morgan fingerprint density at radius 3 is 2.38 bits per heavy atom. The zero-order chi connectivity index (χ0) is 28.2.